The molecule has 2 unspecified atom stereocenters. The fraction of sp³-hybridized carbons (Fsp3) is 1.00. The van der Waals surface area contributed by atoms with Crippen LogP contribution in [0.25, 0.3) is 0 Å². The van der Waals surface area contributed by atoms with Crippen molar-refractivity contribution in [3.05, 3.63) is 0 Å². The van der Waals surface area contributed by atoms with Gasteiger partial charge in [0.1, 0.15) is 0 Å². The molecule has 0 aromatic heterocycles. The number of ether oxygens (including phenoxy) is 1. The van der Waals surface area contributed by atoms with Gasteiger partial charge in [0.25, 0.3) is 0 Å². The lowest BCUT2D eigenvalue weighted by Gasteiger charge is -2.32. The van der Waals surface area contributed by atoms with E-state index in [2.05, 4.69) is 18.7 Å². The van der Waals surface area contributed by atoms with E-state index in [1.54, 1.807) is 0 Å². The van der Waals surface area contributed by atoms with Gasteiger partial charge in [0.15, 0.2) is 0 Å². The molecule has 2 aliphatic heterocycles. The molecule has 0 aromatic rings. The molecular formula is C10H20N2O. The Kier molecular flexibility index (Phi) is 2.34. The monoisotopic (exact) mass is 184 g/mol. The summed E-state index contributed by atoms with van der Waals surface area (Å²) in [4.78, 5) is 2.50. The van der Waals surface area contributed by atoms with Gasteiger partial charge in [0.05, 0.1) is 13.2 Å². The molecule has 3 nitrogen and oxygen atoms in total. The van der Waals surface area contributed by atoms with Crippen LogP contribution < -0.4 is 5.73 Å². The Balaban J connectivity index is 2.00. The van der Waals surface area contributed by atoms with Gasteiger partial charge in [-0.05, 0) is 6.42 Å². The zero-order chi connectivity index (χ0) is 9.47. The van der Waals surface area contributed by atoms with Crippen molar-refractivity contribution in [1.82, 2.24) is 4.90 Å². The van der Waals surface area contributed by atoms with Gasteiger partial charge in [0, 0.05) is 30.6 Å². The van der Waals surface area contributed by atoms with E-state index in [1.807, 2.05) is 0 Å². The van der Waals surface area contributed by atoms with E-state index in [9.17, 15) is 0 Å². The van der Waals surface area contributed by atoms with Crippen molar-refractivity contribution in [3.63, 3.8) is 0 Å². The smallest absolute Gasteiger partial charge is 0.0628 e. The van der Waals surface area contributed by atoms with Crippen LogP contribution in [0.15, 0.2) is 0 Å². The van der Waals surface area contributed by atoms with Crippen LogP contribution in [0.2, 0.25) is 0 Å². The van der Waals surface area contributed by atoms with E-state index in [1.165, 1.54) is 0 Å². The highest BCUT2D eigenvalue weighted by atomic mass is 16.5. The maximum absolute atomic E-state index is 5.90. The van der Waals surface area contributed by atoms with E-state index >= 15 is 0 Å². The molecular weight excluding hydrogens is 164 g/mol. The molecule has 0 aliphatic carbocycles. The highest BCUT2D eigenvalue weighted by Crippen LogP contribution is 2.32. The zero-order valence-corrected chi connectivity index (χ0v) is 8.62. The predicted molar refractivity (Wildman–Crippen MR) is 52.6 cm³/mol. The summed E-state index contributed by atoms with van der Waals surface area (Å²) in [6, 6.07) is 0.970. The van der Waals surface area contributed by atoms with Gasteiger partial charge < -0.3 is 10.5 Å². The van der Waals surface area contributed by atoms with Gasteiger partial charge in [-0.15, -0.1) is 0 Å². The van der Waals surface area contributed by atoms with Gasteiger partial charge in [-0.25, -0.2) is 0 Å². The number of nitrogens with zero attached hydrogens (tertiary/aromatic N) is 1. The summed E-state index contributed by atoms with van der Waals surface area (Å²) in [5.74, 6) is 0. The largest absolute Gasteiger partial charge is 0.379 e. The first-order chi connectivity index (χ1) is 6.09. The Hall–Kier alpha value is -0.120. The van der Waals surface area contributed by atoms with Crippen LogP contribution in [0.5, 0.6) is 0 Å². The van der Waals surface area contributed by atoms with Crippen LogP contribution in [-0.2, 0) is 4.74 Å². The lowest BCUT2D eigenvalue weighted by Crippen LogP contribution is -2.44. The third-order valence-electron chi connectivity index (χ3n) is 3.35. The fourth-order valence-electron chi connectivity index (χ4n) is 2.45. The first kappa shape index (κ1) is 9.44. The summed E-state index contributed by atoms with van der Waals surface area (Å²) in [5.41, 5.74) is 6.21. The Labute approximate surface area is 80.2 Å². The van der Waals surface area contributed by atoms with Gasteiger partial charge in [-0.1, -0.05) is 13.8 Å². The fourth-order valence-corrected chi connectivity index (χ4v) is 2.45. The van der Waals surface area contributed by atoms with Gasteiger partial charge in [-0.3, -0.25) is 4.90 Å². The standard InChI is InChI=1S/C10H20N2O/c1-10(2)7-13-6-9(10)12-4-3-8(11)5-12/h8-9H,3-7,11H2,1-2H3. The van der Waals surface area contributed by atoms with Crippen molar-refractivity contribution in [2.75, 3.05) is 26.3 Å². The van der Waals surface area contributed by atoms with E-state index in [-0.39, 0.29) is 0 Å². The molecule has 2 saturated heterocycles. The Bertz CT molecular complexity index is 193. The molecule has 0 amide bonds. The van der Waals surface area contributed by atoms with Crippen molar-refractivity contribution < 1.29 is 4.74 Å². The third kappa shape index (κ3) is 1.73. The molecule has 13 heavy (non-hydrogen) atoms. The highest BCUT2D eigenvalue weighted by Gasteiger charge is 2.41. The van der Waals surface area contributed by atoms with Gasteiger partial charge in [0.2, 0.25) is 0 Å². The zero-order valence-electron chi connectivity index (χ0n) is 8.62. The summed E-state index contributed by atoms with van der Waals surface area (Å²) in [5, 5.41) is 0. The molecule has 2 N–H and O–H groups in total. The van der Waals surface area contributed by atoms with Crippen molar-refractivity contribution in [3.8, 4) is 0 Å². The van der Waals surface area contributed by atoms with E-state index < -0.39 is 0 Å². The molecule has 0 aromatic carbocycles. The Morgan fingerprint density at radius 3 is 2.69 bits per heavy atom. The second-order valence-corrected chi connectivity index (χ2v) is 5.06. The first-order valence-electron chi connectivity index (χ1n) is 5.17. The minimum Gasteiger partial charge on any atom is -0.379 e. The van der Waals surface area contributed by atoms with Gasteiger partial charge >= 0.3 is 0 Å². The third-order valence-corrected chi connectivity index (χ3v) is 3.35. The van der Waals surface area contributed by atoms with Crippen LogP contribution in [0, 0.1) is 5.41 Å². The lowest BCUT2D eigenvalue weighted by atomic mass is 9.87. The molecule has 76 valence electrons. The maximum Gasteiger partial charge on any atom is 0.0628 e. The topological polar surface area (TPSA) is 38.5 Å². The lowest BCUT2D eigenvalue weighted by molar-refractivity contribution is 0.152. The summed E-state index contributed by atoms with van der Waals surface area (Å²) < 4.78 is 5.54. The van der Waals surface area contributed by atoms with Crippen molar-refractivity contribution >= 4 is 0 Å². The highest BCUT2D eigenvalue weighted by molar-refractivity contribution is 4.94. The molecule has 0 bridgehead atoms. The molecule has 2 heterocycles. The molecule has 2 rings (SSSR count). The molecule has 2 aliphatic rings. The number of rotatable bonds is 1. The van der Waals surface area contributed by atoms with Crippen molar-refractivity contribution in [2.45, 2.75) is 32.4 Å². The number of nitrogens with two attached hydrogens (primary N) is 1. The van der Waals surface area contributed by atoms with Crippen LogP contribution >= 0.6 is 0 Å². The van der Waals surface area contributed by atoms with Crippen molar-refractivity contribution in [2.24, 2.45) is 11.1 Å². The number of hydrogen-bond acceptors (Lipinski definition) is 3. The first-order valence-corrected chi connectivity index (χ1v) is 5.17. The SMILES string of the molecule is CC1(C)COCC1N1CCC(N)C1. The molecule has 3 heteroatoms. The normalized spacial score (nSPS) is 39.9. The average Bonchev–Trinajstić information content (AvgIpc) is 2.56. The summed E-state index contributed by atoms with van der Waals surface area (Å²) in [7, 11) is 0. The van der Waals surface area contributed by atoms with Gasteiger partial charge in [-0.2, -0.15) is 0 Å². The van der Waals surface area contributed by atoms with Crippen molar-refractivity contribution in [1.29, 1.82) is 0 Å². The summed E-state index contributed by atoms with van der Waals surface area (Å²) >= 11 is 0. The van der Waals surface area contributed by atoms with E-state index in [0.717, 1.165) is 32.7 Å². The molecule has 2 fully saturated rings. The predicted octanol–water partition coefficient (Wildman–Crippen LogP) is 0.444. The molecule has 0 saturated carbocycles. The summed E-state index contributed by atoms with van der Waals surface area (Å²) in [6.45, 7) is 8.56. The molecule has 2 atom stereocenters. The van der Waals surface area contributed by atoms with E-state index in [4.69, 9.17) is 10.5 Å². The number of likely N-dealkylation sites (tertiary alicyclic amines) is 1. The minimum atomic E-state index is 0.310. The van der Waals surface area contributed by atoms with Crippen LogP contribution in [-0.4, -0.2) is 43.3 Å². The second-order valence-electron chi connectivity index (χ2n) is 5.06. The quantitative estimate of drug-likeness (QED) is 0.643. The maximum atomic E-state index is 5.90. The Morgan fingerprint density at radius 2 is 2.23 bits per heavy atom. The second kappa shape index (κ2) is 3.23. The number of hydrogen-bond donors (Lipinski definition) is 1. The molecule has 0 spiro atoms. The van der Waals surface area contributed by atoms with E-state index in [0.29, 0.717) is 17.5 Å². The average molecular weight is 184 g/mol. The minimum absolute atomic E-state index is 0.310. The Morgan fingerprint density at radius 1 is 1.46 bits per heavy atom. The van der Waals surface area contributed by atoms with Crippen LogP contribution in [0.3, 0.4) is 0 Å². The summed E-state index contributed by atoms with van der Waals surface area (Å²) in [6.07, 6.45) is 1.15. The van der Waals surface area contributed by atoms with Crippen LogP contribution in [0.4, 0.5) is 0 Å². The molecule has 0 radical (unpaired) electrons. The van der Waals surface area contributed by atoms with Crippen LogP contribution in [0.1, 0.15) is 20.3 Å².